The number of hydrogen-bond acceptors (Lipinski definition) is 6. The Balaban J connectivity index is 0.000000396. The summed E-state index contributed by atoms with van der Waals surface area (Å²) in [5.74, 6) is -1.90. The molecule has 1 N–H and O–H groups in total. The minimum atomic E-state index is -5.08. The van der Waals surface area contributed by atoms with Gasteiger partial charge in [0.15, 0.2) is 0 Å². The van der Waals surface area contributed by atoms with Crippen molar-refractivity contribution in [1.29, 1.82) is 0 Å². The van der Waals surface area contributed by atoms with Gasteiger partial charge in [-0.2, -0.15) is 13.2 Å². The van der Waals surface area contributed by atoms with E-state index in [9.17, 15) is 18.0 Å². The summed E-state index contributed by atoms with van der Waals surface area (Å²) in [4.78, 5) is 38.2. The summed E-state index contributed by atoms with van der Waals surface area (Å²) in [7, 11) is 0. The third kappa shape index (κ3) is 6.24. The van der Waals surface area contributed by atoms with Gasteiger partial charge in [-0.1, -0.05) is 13.8 Å². The minimum Gasteiger partial charge on any atom is -0.475 e. The Hall–Kier alpha value is -3.02. The van der Waals surface area contributed by atoms with Gasteiger partial charge in [0.2, 0.25) is 0 Å². The topological polar surface area (TPSA) is 104 Å². The Bertz CT molecular complexity index is 853. The molecule has 0 radical (unpaired) electrons. The molecule has 2 aromatic rings. The number of alkyl halides is 3. The van der Waals surface area contributed by atoms with Crippen LogP contribution >= 0.6 is 0 Å². The predicted molar refractivity (Wildman–Crippen MR) is 99.3 cm³/mol. The molecule has 9 nitrogen and oxygen atoms in total. The number of imidazole rings is 1. The molecule has 2 aromatic heterocycles. The molecule has 0 fully saturated rings. The highest BCUT2D eigenvalue weighted by atomic mass is 19.4. The van der Waals surface area contributed by atoms with Crippen LogP contribution in [0.3, 0.4) is 0 Å². The molecule has 12 heteroatoms. The third-order valence-corrected chi connectivity index (χ3v) is 4.44. The van der Waals surface area contributed by atoms with Crippen LogP contribution in [-0.4, -0.2) is 72.1 Å². The van der Waals surface area contributed by atoms with Crippen molar-refractivity contribution in [2.24, 2.45) is 0 Å². The third-order valence-electron chi connectivity index (χ3n) is 4.44. The van der Waals surface area contributed by atoms with Gasteiger partial charge < -0.3 is 14.6 Å². The van der Waals surface area contributed by atoms with Crippen molar-refractivity contribution in [2.75, 3.05) is 19.6 Å². The molecule has 1 aliphatic heterocycles. The lowest BCUT2D eigenvalue weighted by Crippen LogP contribution is -2.38. The quantitative estimate of drug-likeness (QED) is 0.774. The van der Waals surface area contributed by atoms with E-state index in [-0.39, 0.29) is 5.91 Å². The van der Waals surface area contributed by atoms with Gasteiger partial charge in [-0.05, 0) is 13.1 Å². The van der Waals surface area contributed by atoms with E-state index in [0.717, 1.165) is 37.7 Å². The molecule has 1 amide bonds. The zero-order valence-electron chi connectivity index (χ0n) is 16.6. The van der Waals surface area contributed by atoms with E-state index < -0.39 is 12.1 Å². The van der Waals surface area contributed by atoms with Gasteiger partial charge >= 0.3 is 12.1 Å². The molecule has 0 bridgehead atoms. The number of aromatic nitrogens is 4. The van der Waals surface area contributed by atoms with Gasteiger partial charge in [-0.15, -0.1) is 0 Å². The van der Waals surface area contributed by atoms with Gasteiger partial charge in [0.1, 0.15) is 11.5 Å². The van der Waals surface area contributed by atoms with Crippen LogP contribution in [0.5, 0.6) is 0 Å². The van der Waals surface area contributed by atoms with E-state index >= 15 is 0 Å². The van der Waals surface area contributed by atoms with E-state index in [1.165, 1.54) is 6.20 Å². The number of hydrogen-bond donors (Lipinski definition) is 1. The lowest BCUT2D eigenvalue weighted by molar-refractivity contribution is -0.192. The number of carbonyl (C=O) groups excluding carboxylic acids is 1. The Morgan fingerprint density at radius 3 is 2.40 bits per heavy atom. The lowest BCUT2D eigenvalue weighted by Gasteiger charge is -2.27. The number of rotatable bonds is 5. The summed E-state index contributed by atoms with van der Waals surface area (Å²) < 4.78 is 33.9. The van der Waals surface area contributed by atoms with Crippen molar-refractivity contribution in [3.8, 4) is 0 Å². The number of amides is 1. The summed E-state index contributed by atoms with van der Waals surface area (Å²) in [5.41, 5.74) is 1.45. The van der Waals surface area contributed by atoms with E-state index in [1.807, 2.05) is 0 Å². The summed E-state index contributed by atoms with van der Waals surface area (Å²) in [6, 6.07) is 0. The molecule has 3 rings (SSSR count). The van der Waals surface area contributed by atoms with Gasteiger partial charge in [-0.25, -0.2) is 14.8 Å². The van der Waals surface area contributed by atoms with E-state index in [4.69, 9.17) is 14.9 Å². The molecule has 0 saturated heterocycles. The summed E-state index contributed by atoms with van der Waals surface area (Å²) in [6.07, 6.45) is 1.65. The number of carbonyl (C=O) groups is 2. The Kier molecular flexibility index (Phi) is 7.86. The second-order valence-electron chi connectivity index (χ2n) is 6.42. The highest BCUT2D eigenvalue weighted by Gasteiger charge is 2.38. The van der Waals surface area contributed by atoms with Crippen molar-refractivity contribution >= 4 is 11.9 Å². The zero-order valence-corrected chi connectivity index (χ0v) is 16.6. The first-order valence-corrected chi connectivity index (χ1v) is 9.28. The Labute approximate surface area is 171 Å². The molecule has 0 atom stereocenters. The summed E-state index contributed by atoms with van der Waals surface area (Å²) >= 11 is 0. The molecule has 0 aromatic carbocycles. The van der Waals surface area contributed by atoms with Crippen molar-refractivity contribution < 1.29 is 27.9 Å². The second kappa shape index (κ2) is 10.1. The first kappa shape index (κ1) is 23.3. The summed E-state index contributed by atoms with van der Waals surface area (Å²) in [5, 5.41) is 7.12. The molecule has 0 spiro atoms. The fourth-order valence-electron chi connectivity index (χ4n) is 2.81. The van der Waals surface area contributed by atoms with Gasteiger partial charge in [-0.3, -0.25) is 14.7 Å². The van der Waals surface area contributed by atoms with Crippen LogP contribution < -0.4 is 0 Å². The standard InChI is InChI=1S/C16H22N6O.C2HF3O2/c1-3-20(4-2)10-13-11-21-7-8-22(12-15(21)19-13)16(23)14-9-17-5-6-18-14;3-2(4,5)1(6)7/h5-6,9,11H,3-4,7-8,10,12H2,1-2H3;(H,6,7). The van der Waals surface area contributed by atoms with E-state index in [2.05, 4.69) is 39.5 Å². The van der Waals surface area contributed by atoms with E-state index in [0.29, 0.717) is 18.8 Å². The zero-order chi connectivity index (χ0) is 22.3. The van der Waals surface area contributed by atoms with Crippen molar-refractivity contribution in [2.45, 2.75) is 39.7 Å². The number of carboxylic acid groups (broad SMARTS) is 1. The fraction of sp³-hybridized carbons (Fsp3) is 0.500. The highest BCUT2D eigenvalue weighted by Crippen LogP contribution is 2.16. The largest absolute Gasteiger partial charge is 0.490 e. The number of carboxylic acids is 1. The fourth-order valence-corrected chi connectivity index (χ4v) is 2.81. The molecule has 0 aliphatic carbocycles. The molecular weight excluding hydrogens is 405 g/mol. The minimum absolute atomic E-state index is 0.0855. The number of aliphatic carboxylic acids is 1. The molecule has 164 valence electrons. The lowest BCUT2D eigenvalue weighted by atomic mass is 10.3. The molecular formula is C18H23F3N6O3. The maximum atomic E-state index is 12.5. The molecule has 1 aliphatic rings. The van der Waals surface area contributed by atoms with Crippen LogP contribution in [0.2, 0.25) is 0 Å². The van der Waals surface area contributed by atoms with Crippen LogP contribution in [0.15, 0.2) is 24.8 Å². The monoisotopic (exact) mass is 428 g/mol. The average molecular weight is 428 g/mol. The first-order chi connectivity index (χ1) is 14.2. The van der Waals surface area contributed by atoms with Gasteiger partial charge in [0.25, 0.3) is 5.91 Å². The highest BCUT2D eigenvalue weighted by molar-refractivity contribution is 5.91. The average Bonchev–Trinajstić information content (AvgIpc) is 3.13. The Morgan fingerprint density at radius 1 is 1.20 bits per heavy atom. The Morgan fingerprint density at radius 2 is 1.87 bits per heavy atom. The maximum Gasteiger partial charge on any atom is 0.490 e. The van der Waals surface area contributed by atoms with Crippen LogP contribution in [-0.2, 0) is 24.4 Å². The normalized spacial score (nSPS) is 13.5. The first-order valence-electron chi connectivity index (χ1n) is 9.28. The van der Waals surface area contributed by atoms with Crippen LogP contribution in [0, 0.1) is 0 Å². The van der Waals surface area contributed by atoms with Crippen LogP contribution in [0.1, 0.15) is 35.9 Å². The molecule has 3 heterocycles. The maximum absolute atomic E-state index is 12.5. The van der Waals surface area contributed by atoms with Crippen molar-refractivity contribution in [1.82, 2.24) is 29.3 Å². The molecule has 0 unspecified atom stereocenters. The number of nitrogens with zero attached hydrogens (tertiary/aromatic N) is 6. The smallest absolute Gasteiger partial charge is 0.475 e. The van der Waals surface area contributed by atoms with Crippen molar-refractivity contribution in [3.63, 3.8) is 0 Å². The number of halogens is 3. The molecule has 0 saturated carbocycles. The summed E-state index contributed by atoms with van der Waals surface area (Å²) in [6.45, 7) is 9.14. The van der Waals surface area contributed by atoms with Gasteiger partial charge in [0, 0.05) is 38.2 Å². The predicted octanol–water partition coefficient (Wildman–Crippen LogP) is 1.80. The van der Waals surface area contributed by atoms with Crippen LogP contribution in [0.4, 0.5) is 13.2 Å². The second-order valence-corrected chi connectivity index (χ2v) is 6.42. The number of fused-ring (bicyclic) bond motifs is 1. The SMILES string of the molecule is CCN(CC)Cc1cn2c(n1)CN(C(=O)c1cnccn1)CC2.O=C(O)C(F)(F)F. The van der Waals surface area contributed by atoms with E-state index in [1.54, 1.807) is 17.3 Å². The van der Waals surface area contributed by atoms with Crippen molar-refractivity contribution in [3.05, 3.63) is 42.0 Å². The van der Waals surface area contributed by atoms with Crippen LogP contribution in [0.25, 0.3) is 0 Å². The molecule has 30 heavy (non-hydrogen) atoms. The van der Waals surface area contributed by atoms with Gasteiger partial charge in [0.05, 0.1) is 18.4 Å².